The van der Waals surface area contributed by atoms with Gasteiger partial charge >= 0.3 is 0 Å². The Labute approximate surface area is 168 Å². The van der Waals surface area contributed by atoms with E-state index in [0.29, 0.717) is 17.0 Å². The van der Waals surface area contributed by atoms with Gasteiger partial charge in [0.2, 0.25) is 5.91 Å². The van der Waals surface area contributed by atoms with E-state index < -0.39 is 0 Å². The molecule has 1 N–H and O–H groups in total. The molecule has 1 atom stereocenters. The molecule has 1 aromatic heterocycles. The summed E-state index contributed by atoms with van der Waals surface area (Å²) in [5, 5.41) is 12.3. The zero-order valence-corrected chi connectivity index (χ0v) is 16.6. The highest BCUT2D eigenvalue weighted by molar-refractivity contribution is 8.00. The standard InChI is InChI=1S/C21H22N4O2S/c1-14(20(26)22-16-11-12-16)28-21-24-23-19(15-7-6-10-18(13-15)27-2)25(21)17-8-4-3-5-9-17/h3-10,13-14,16H,11-12H2,1-2H3,(H,22,26). The summed E-state index contributed by atoms with van der Waals surface area (Å²) in [6.45, 7) is 1.90. The molecule has 1 saturated carbocycles. The first-order valence-electron chi connectivity index (χ1n) is 9.28. The van der Waals surface area contributed by atoms with Crippen LogP contribution in [0.5, 0.6) is 5.75 Å². The van der Waals surface area contributed by atoms with Crippen molar-refractivity contribution in [2.24, 2.45) is 0 Å². The van der Waals surface area contributed by atoms with Gasteiger partial charge in [-0.1, -0.05) is 42.1 Å². The number of carbonyl (C=O) groups is 1. The number of benzene rings is 2. The third kappa shape index (κ3) is 4.04. The zero-order valence-electron chi connectivity index (χ0n) is 15.8. The fourth-order valence-corrected chi connectivity index (χ4v) is 3.74. The zero-order chi connectivity index (χ0) is 19.5. The molecule has 1 aliphatic carbocycles. The van der Waals surface area contributed by atoms with Gasteiger partial charge in [0.05, 0.1) is 12.4 Å². The molecule has 6 nitrogen and oxygen atoms in total. The number of nitrogens with zero attached hydrogens (tertiary/aromatic N) is 3. The molecule has 1 aliphatic rings. The van der Waals surface area contributed by atoms with Gasteiger partial charge in [-0.25, -0.2) is 0 Å². The van der Waals surface area contributed by atoms with Gasteiger partial charge in [0.25, 0.3) is 0 Å². The number of rotatable bonds is 7. The van der Waals surface area contributed by atoms with Crippen LogP contribution in [0.15, 0.2) is 59.8 Å². The Hall–Kier alpha value is -2.80. The van der Waals surface area contributed by atoms with Gasteiger partial charge in [-0.15, -0.1) is 10.2 Å². The molecule has 0 radical (unpaired) electrons. The highest BCUT2D eigenvalue weighted by Crippen LogP contribution is 2.31. The normalized spacial score (nSPS) is 14.5. The lowest BCUT2D eigenvalue weighted by Gasteiger charge is -2.14. The lowest BCUT2D eigenvalue weighted by molar-refractivity contribution is -0.120. The van der Waals surface area contributed by atoms with Crippen LogP contribution in [-0.2, 0) is 4.79 Å². The van der Waals surface area contributed by atoms with Gasteiger partial charge in [-0.2, -0.15) is 0 Å². The lowest BCUT2D eigenvalue weighted by Crippen LogP contribution is -2.32. The number of amides is 1. The van der Waals surface area contributed by atoms with E-state index in [1.807, 2.05) is 66.1 Å². The van der Waals surface area contributed by atoms with Gasteiger partial charge in [0.1, 0.15) is 5.75 Å². The van der Waals surface area contributed by atoms with Gasteiger partial charge in [0.15, 0.2) is 11.0 Å². The third-order valence-corrected chi connectivity index (χ3v) is 5.59. The molecule has 0 bridgehead atoms. The number of hydrogen-bond acceptors (Lipinski definition) is 5. The molecule has 0 saturated heterocycles. The van der Waals surface area contributed by atoms with Gasteiger partial charge in [-0.3, -0.25) is 9.36 Å². The highest BCUT2D eigenvalue weighted by Gasteiger charge is 2.27. The summed E-state index contributed by atoms with van der Waals surface area (Å²) < 4.78 is 7.34. The molecule has 1 amide bonds. The van der Waals surface area contributed by atoms with Crippen LogP contribution in [-0.4, -0.2) is 39.1 Å². The Morgan fingerprint density at radius 2 is 1.96 bits per heavy atom. The first-order chi connectivity index (χ1) is 13.7. The van der Waals surface area contributed by atoms with E-state index in [1.165, 1.54) is 11.8 Å². The number of aromatic nitrogens is 3. The monoisotopic (exact) mass is 394 g/mol. The topological polar surface area (TPSA) is 69.0 Å². The molecule has 3 aromatic rings. The van der Waals surface area contributed by atoms with Crippen LogP contribution in [0.4, 0.5) is 0 Å². The van der Waals surface area contributed by atoms with E-state index in [4.69, 9.17) is 4.74 Å². The second-order valence-corrected chi connectivity index (χ2v) is 8.06. The molecule has 1 fully saturated rings. The molecular formula is C21H22N4O2S. The fourth-order valence-electron chi connectivity index (χ4n) is 2.86. The van der Waals surface area contributed by atoms with Crippen molar-refractivity contribution >= 4 is 17.7 Å². The summed E-state index contributed by atoms with van der Waals surface area (Å²) in [6, 6.07) is 18.0. The molecule has 1 unspecified atom stereocenters. The van der Waals surface area contributed by atoms with Crippen LogP contribution in [0.3, 0.4) is 0 Å². The van der Waals surface area contributed by atoms with E-state index in [9.17, 15) is 4.79 Å². The first-order valence-corrected chi connectivity index (χ1v) is 10.2. The van der Waals surface area contributed by atoms with Crippen molar-refractivity contribution < 1.29 is 9.53 Å². The second kappa shape index (κ2) is 8.06. The Morgan fingerprint density at radius 3 is 2.68 bits per heavy atom. The van der Waals surface area contributed by atoms with Gasteiger partial charge in [0, 0.05) is 17.3 Å². The van der Waals surface area contributed by atoms with E-state index in [-0.39, 0.29) is 11.2 Å². The number of thioether (sulfide) groups is 1. The summed E-state index contributed by atoms with van der Waals surface area (Å²) >= 11 is 1.41. The molecule has 2 aromatic carbocycles. The number of ether oxygens (including phenoxy) is 1. The van der Waals surface area contributed by atoms with Crippen LogP contribution < -0.4 is 10.1 Å². The maximum Gasteiger partial charge on any atom is 0.233 e. The fraction of sp³-hybridized carbons (Fsp3) is 0.286. The predicted octanol–water partition coefficient (Wildman–Crippen LogP) is 3.70. The summed E-state index contributed by atoms with van der Waals surface area (Å²) in [5.74, 6) is 1.51. The second-order valence-electron chi connectivity index (χ2n) is 6.75. The molecule has 0 spiro atoms. The third-order valence-electron chi connectivity index (χ3n) is 4.55. The first kappa shape index (κ1) is 18.6. The van der Waals surface area contributed by atoms with Crippen LogP contribution in [0.2, 0.25) is 0 Å². The van der Waals surface area contributed by atoms with Gasteiger partial charge in [-0.05, 0) is 44.0 Å². The van der Waals surface area contributed by atoms with Crippen molar-refractivity contribution in [2.75, 3.05) is 7.11 Å². The van der Waals surface area contributed by atoms with Gasteiger partial charge < -0.3 is 10.1 Å². The van der Waals surface area contributed by atoms with Crippen LogP contribution in [0, 0.1) is 0 Å². The molecule has 1 heterocycles. The summed E-state index contributed by atoms with van der Waals surface area (Å²) in [6.07, 6.45) is 2.15. The van der Waals surface area contributed by atoms with E-state index >= 15 is 0 Å². The summed E-state index contributed by atoms with van der Waals surface area (Å²) in [4.78, 5) is 12.4. The minimum absolute atomic E-state index is 0.0399. The maximum absolute atomic E-state index is 12.4. The Bertz CT molecular complexity index is 970. The van der Waals surface area contributed by atoms with Crippen molar-refractivity contribution in [3.05, 3.63) is 54.6 Å². The lowest BCUT2D eigenvalue weighted by atomic mass is 10.2. The number of nitrogens with one attached hydrogen (secondary N) is 1. The smallest absolute Gasteiger partial charge is 0.233 e. The van der Waals surface area contributed by atoms with Crippen molar-refractivity contribution in [1.29, 1.82) is 0 Å². The maximum atomic E-state index is 12.4. The van der Waals surface area contributed by atoms with E-state index in [0.717, 1.165) is 29.8 Å². The Balaban J connectivity index is 1.70. The Kier molecular flexibility index (Phi) is 5.34. The highest BCUT2D eigenvalue weighted by atomic mass is 32.2. The van der Waals surface area contributed by atoms with E-state index in [2.05, 4.69) is 15.5 Å². The minimum Gasteiger partial charge on any atom is -0.497 e. The van der Waals surface area contributed by atoms with Crippen LogP contribution >= 0.6 is 11.8 Å². The summed E-state index contributed by atoms with van der Waals surface area (Å²) in [5.41, 5.74) is 1.85. The quantitative estimate of drug-likeness (QED) is 0.619. The molecule has 28 heavy (non-hydrogen) atoms. The number of methoxy groups -OCH3 is 1. The number of carbonyl (C=O) groups excluding carboxylic acids is 1. The summed E-state index contributed by atoms with van der Waals surface area (Å²) in [7, 11) is 1.64. The SMILES string of the molecule is COc1cccc(-c2nnc(SC(C)C(=O)NC3CC3)n2-c2ccccc2)c1. The number of hydrogen-bond donors (Lipinski definition) is 1. The molecule has 4 rings (SSSR count). The van der Waals surface area contributed by atoms with Crippen molar-refractivity contribution in [3.63, 3.8) is 0 Å². The molecule has 7 heteroatoms. The largest absolute Gasteiger partial charge is 0.497 e. The van der Waals surface area contributed by atoms with Crippen molar-refractivity contribution in [3.8, 4) is 22.8 Å². The van der Waals surface area contributed by atoms with Crippen LogP contribution in [0.1, 0.15) is 19.8 Å². The Morgan fingerprint density at radius 1 is 1.18 bits per heavy atom. The van der Waals surface area contributed by atoms with Crippen molar-refractivity contribution in [2.45, 2.75) is 36.2 Å². The van der Waals surface area contributed by atoms with Crippen molar-refractivity contribution in [1.82, 2.24) is 20.1 Å². The van der Waals surface area contributed by atoms with E-state index in [1.54, 1.807) is 7.11 Å². The minimum atomic E-state index is -0.259. The van der Waals surface area contributed by atoms with Crippen LogP contribution in [0.25, 0.3) is 17.1 Å². The molecule has 144 valence electrons. The average Bonchev–Trinajstić information content (AvgIpc) is 3.45. The number of para-hydroxylation sites is 1. The average molecular weight is 395 g/mol. The molecular weight excluding hydrogens is 372 g/mol. The molecule has 0 aliphatic heterocycles. The predicted molar refractivity (Wildman–Crippen MR) is 110 cm³/mol.